The number of rotatable bonds is 3. The maximum absolute atomic E-state index is 13.4. The molecule has 0 saturated heterocycles. The molecule has 2 aliphatic heterocycles. The third-order valence-corrected chi connectivity index (χ3v) is 6.05. The molecule has 2 aliphatic rings. The number of carbonyl (C=O) groups is 2. The summed E-state index contributed by atoms with van der Waals surface area (Å²) in [5.74, 6) is -1.17. The monoisotopic (exact) mass is 451 g/mol. The highest BCUT2D eigenvalue weighted by Gasteiger charge is 2.36. The van der Waals surface area contributed by atoms with Gasteiger partial charge in [-0.2, -0.15) is 5.10 Å². The predicted octanol–water partition coefficient (Wildman–Crippen LogP) is 1.32. The van der Waals surface area contributed by atoms with Gasteiger partial charge in [-0.05, 0) is 18.2 Å². The van der Waals surface area contributed by atoms with E-state index in [4.69, 9.17) is 11.6 Å². The zero-order chi connectivity index (χ0) is 22.3. The summed E-state index contributed by atoms with van der Waals surface area (Å²) < 4.78 is 14.9. The second-order valence-electron chi connectivity index (χ2n) is 7.88. The van der Waals surface area contributed by atoms with Crippen molar-refractivity contribution in [2.24, 2.45) is 5.92 Å². The first-order chi connectivity index (χ1) is 14.8. The van der Waals surface area contributed by atoms with Crippen molar-refractivity contribution >= 4 is 29.2 Å². The van der Waals surface area contributed by atoms with Crippen molar-refractivity contribution in [2.75, 3.05) is 32.1 Å². The van der Waals surface area contributed by atoms with Gasteiger partial charge >= 0.3 is 6.03 Å². The van der Waals surface area contributed by atoms with Crippen molar-refractivity contribution < 1.29 is 24.2 Å². The zero-order valence-corrected chi connectivity index (χ0v) is 17.6. The van der Waals surface area contributed by atoms with Crippen molar-refractivity contribution in [1.29, 1.82) is 0 Å². The highest BCUT2D eigenvalue weighted by atomic mass is 35.5. The van der Waals surface area contributed by atoms with Crippen LogP contribution in [0.25, 0.3) is 0 Å². The van der Waals surface area contributed by atoms with E-state index in [0.717, 1.165) is 5.69 Å². The number of nitrogens with one attached hydrogen (secondary N) is 1. The Morgan fingerprint density at radius 3 is 2.90 bits per heavy atom. The Kier molecular flexibility index (Phi) is 5.87. The molecule has 0 spiro atoms. The fourth-order valence-corrected chi connectivity index (χ4v) is 4.22. The Balaban J connectivity index is 1.57. The van der Waals surface area contributed by atoms with Crippen LogP contribution in [-0.4, -0.2) is 74.6 Å². The standard InChI is InChI=1S/C20H23ClFN5O4/c1-25-7-11(17(29)10-28)8-27-18(19(25)30)13-9-26(5-4-16(13)24-27)20(31)23-12-2-3-15(22)14(21)6-12/h2-3,6,11,17,28-29H,4-5,7-10H2,1H3,(H,23,31). The van der Waals surface area contributed by atoms with Crippen LogP contribution < -0.4 is 5.32 Å². The van der Waals surface area contributed by atoms with E-state index in [1.165, 1.54) is 23.1 Å². The van der Waals surface area contributed by atoms with Crippen LogP contribution in [0.1, 0.15) is 21.7 Å². The number of aliphatic hydroxyl groups excluding tert-OH is 2. The molecular weight excluding hydrogens is 429 g/mol. The van der Waals surface area contributed by atoms with Crippen LogP contribution in [0.15, 0.2) is 18.2 Å². The Hall–Kier alpha value is -2.69. The number of aliphatic hydroxyl groups is 2. The normalized spacial score (nSPS) is 19.5. The summed E-state index contributed by atoms with van der Waals surface area (Å²) in [5.41, 5.74) is 2.18. The SMILES string of the molecule is CN1CC(C(O)CO)Cn2nc3c(c2C1=O)CN(C(=O)Nc1ccc(F)c(Cl)c1)CC3. The van der Waals surface area contributed by atoms with Crippen molar-refractivity contribution in [2.45, 2.75) is 25.6 Å². The second kappa shape index (κ2) is 8.45. The van der Waals surface area contributed by atoms with E-state index in [9.17, 15) is 24.2 Å². The predicted molar refractivity (Wildman–Crippen MR) is 110 cm³/mol. The zero-order valence-electron chi connectivity index (χ0n) is 16.9. The number of hydrogen-bond acceptors (Lipinski definition) is 5. The summed E-state index contributed by atoms with van der Waals surface area (Å²) >= 11 is 5.78. The number of anilines is 1. The Morgan fingerprint density at radius 1 is 1.42 bits per heavy atom. The maximum atomic E-state index is 13.4. The van der Waals surface area contributed by atoms with E-state index < -0.39 is 24.6 Å². The highest BCUT2D eigenvalue weighted by molar-refractivity contribution is 6.31. The van der Waals surface area contributed by atoms with Gasteiger partial charge < -0.3 is 25.3 Å². The summed E-state index contributed by atoms with van der Waals surface area (Å²) in [5, 5.41) is 26.6. The third kappa shape index (κ3) is 4.10. The van der Waals surface area contributed by atoms with Crippen LogP contribution >= 0.6 is 11.6 Å². The van der Waals surface area contributed by atoms with Crippen LogP contribution in [0.4, 0.5) is 14.9 Å². The third-order valence-electron chi connectivity index (χ3n) is 5.76. The average molecular weight is 452 g/mol. The fourth-order valence-electron chi connectivity index (χ4n) is 4.04. The molecule has 9 nitrogen and oxygen atoms in total. The first-order valence-corrected chi connectivity index (χ1v) is 10.3. The molecule has 1 aromatic heterocycles. The van der Waals surface area contributed by atoms with Crippen LogP contribution in [0.3, 0.4) is 0 Å². The van der Waals surface area contributed by atoms with E-state index in [2.05, 4.69) is 10.4 Å². The number of aromatic nitrogens is 2. The number of fused-ring (bicyclic) bond motifs is 3. The fraction of sp³-hybridized carbons (Fsp3) is 0.450. The van der Waals surface area contributed by atoms with Gasteiger partial charge in [0, 0.05) is 50.3 Å². The minimum atomic E-state index is -0.966. The molecule has 2 aromatic rings. The number of nitrogens with zero attached hydrogens (tertiary/aromatic N) is 4. The van der Waals surface area contributed by atoms with Gasteiger partial charge in [0.1, 0.15) is 11.5 Å². The van der Waals surface area contributed by atoms with Gasteiger partial charge in [-0.15, -0.1) is 0 Å². The Labute approximate surface area is 183 Å². The number of hydrogen-bond donors (Lipinski definition) is 3. The van der Waals surface area contributed by atoms with E-state index >= 15 is 0 Å². The lowest BCUT2D eigenvalue weighted by atomic mass is 10.0. The van der Waals surface area contributed by atoms with E-state index in [1.807, 2.05) is 0 Å². The minimum absolute atomic E-state index is 0.0889. The van der Waals surface area contributed by atoms with Crippen LogP contribution in [-0.2, 0) is 19.5 Å². The molecule has 3 heterocycles. The number of carbonyl (C=O) groups excluding carboxylic acids is 2. The minimum Gasteiger partial charge on any atom is -0.394 e. The average Bonchev–Trinajstić information content (AvgIpc) is 3.05. The summed E-state index contributed by atoms with van der Waals surface area (Å²) in [6.07, 6.45) is -0.496. The molecule has 3 amide bonds. The summed E-state index contributed by atoms with van der Waals surface area (Å²) in [6, 6.07) is 3.54. The van der Waals surface area contributed by atoms with E-state index in [1.54, 1.807) is 16.6 Å². The van der Waals surface area contributed by atoms with Gasteiger partial charge in [-0.3, -0.25) is 9.48 Å². The largest absolute Gasteiger partial charge is 0.394 e. The molecule has 1 aromatic carbocycles. The van der Waals surface area contributed by atoms with Crippen molar-refractivity contribution in [3.05, 3.63) is 46.0 Å². The first-order valence-electron chi connectivity index (χ1n) is 9.92. The summed E-state index contributed by atoms with van der Waals surface area (Å²) in [7, 11) is 1.64. The molecule has 4 rings (SSSR count). The van der Waals surface area contributed by atoms with Gasteiger partial charge in [0.15, 0.2) is 0 Å². The number of amides is 3. The Bertz CT molecular complexity index is 1030. The molecular formula is C20H23ClFN5O4. The molecule has 2 unspecified atom stereocenters. The highest BCUT2D eigenvalue weighted by Crippen LogP contribution is 2.28. The van der Waals surface area contributed by atoms with Gasteiger partial charge in [-0.25, -0.2) is 9.18 Å². The number of halogens is 2. The molecule has 0 bridgehead atoms. The van der Waals surface area contributed by atoms with Crippen molar-refractivity contribution in [3.8, 4) is 0 Å². The maximum Gasteiger partial charge on any atom is 0.322 e. The lowest BCUT2D eigenvalue weighted by Crippen LogP contribution is -2.40. The summed E-state index contributed by atoms with van der Waals surface area (Å²) in [4.78, 5) is 28.8. The molecule has 3 N–H and O–H groups in total. The number of benzene rings is 1. The topological polar surface area (TPSA) is 111 Å². The van der Waals surface area contributed by atoms with E-state index in [0.29, 0.717) is 36.5 Å². The molecule has 0 saturated carbocycles. The smallest absolute Gasteiger partial charge is 0.322 e. The molecule has 0 fully saturated rings. The summed E-state index contributed by atoms with van der Waals surface area (Å²) in [6.45, 7) is 0.772. The van der Waals surface area contributed by atoms with Crippen LogP contribution in [0.5, 0.6) is 0 Å². The van der Waals surface area contributed by atoms with Crippen LogP contribution in [0, 0.1) is 11.7 Å². The second-order valence-corrected chi connectivity index (χ2v) is 8.29. The molecule has 0 aliphatic carbocycles. The molecule has 11 heteroatoms. The number of urea groups is 1. The first kappa shape index (κ1) is 21.5. The van der Waals surface area contributed by atoms with Gasteiger partial charge in [0.2, 0.25) is 0 Å². The quantitative estimate of drug-likeness (QED) is 0.651. The van der Waals surface area contributed by atoms with Gasteiger partial charge in [0.25, 0.3) is 5.91 Å². The molecule has 0 radical (unpaired) electrons. The molecule has 166 valence electrons. The molecule has 2 atom stereocenters. The van der Waals surface area contributed by atoms with Crippen molar-refractivity contribution in [1.82, 2.24) is 19.6 Å². The lowest BCUT2D eigenvalue weighted by Gasteiger charge is -2.27. The van der Waals surface area contributed by atoms with Crippen LogP contribution in [0.2, 0.25) is 5.02 Å². The van der Waals surface area contributed by atoms with E-state index in [-0.39, 0.29) is 29.9 Å². The molecule has 31 heavy (non-hydrogen) atoms. The van der Waals surface area contributed by atoms with Gasteiger partial charge in [0.05, 0.1) is 30.0 Å². The van der Waals surface area contributed by atoms with Crippen molar-refractivity contribution in [3.63, 3.8) is 0 Å². The lowest BCUT2D eigenvalue weighted by molar-refractivity contribution is 0.0293. The Morgan fingerprint density at radius 2 is 2.19 bits per heavy atom. The van der Waals surface area contributed by atoms with Gasteiger partial charge in [-0.1, -0.05) is 11.6 Å².